The van der Waals surface area contributed by atoms with Crippen LogP contribution < -0.4 is 0 Å². The first-order valence-electron chi connectivity index (χ1n) is 8.94. The summed E-state index contributed by atoms with van der Waals surface area (Å²) in [6.45, 7) is 5.99. The zero-order valence-electron chi connectivity index (χ0n) is 16.7. The highest BCUT2D eigenvalue weighted by molar-refractivity contribution is 6.01. The van der Waals surface area contributed by atoms with Crippen molar-refractivity contribution in [3.63, 3.8) is 0 Å². The number of carbonyl (C=O) groups excluding carboxylic acids is 3. The number of aromatic nitrogens is 1. The van der Waals surface area contributed by atoms with Crippen LogP contribution in [0.4, 0.5) is 5.69 Å². The first-order chi connectivity index (χ1) is 13.7. The van der Waals surface area contributed by atoms with Crippen LogP contribution in [0.3, 0.4) is 0 Å². The third-order valence-electron chi connectivity index (χ3n) is 4.44. The molecular formula is C20H22N2O7. The molecule has 0 aliphatic rings. The van der Waals surface area contributed by atoms with E-state index < -0.39 is 29.2 Å². The molecule has 29 heavy (non-hydrogen) atoms. The monoisotopic (exact) mass is 402 g/mol. The first-order valence-corrected chi connectivity index (χ1v) is 8.94. The van der Waals surface area contributed by atoms with Crippen LogP contribution in [0.1, 0.15) is 55.8 Å². The number of aryl methyl sites for hydroxylation is 1. The van der Waals surface area contributed by atoms with Crippen molar-refractivity contribution in [2.45, 2.75) is 33.7 Å². The molecule has 0 radical (unpaired) electrons. The lowest BCUT2D eigenvalue weighted by Gasteiger charge is -2.08. The summed E-state index contributed by atoms with van der Waals surface area (Å²) in [5, 5.41) is 11.1. The van der Waals surface area contributed by atoms with Crippen LogP contribution in [0.15, 0.2) is 24.3 Å². The molecule has 1 aromatic carbocycles. The number of nitro benzene ring substituents is 1. The average Bonchev–Trinajstić information content (AvgIpc) is 2.99. The molecule has 9 heteroatoms. The number of esters is 2. The molecule has 0 fully saturated rings. The Kier molecular flexibility index (Phi) is 6.87. The molecule has 0 atom stereocenters. The zero-order chi connectivity index (χ0) is 21.7. The molecule has 0 N–H and O–H groups in total. The molecule has 0 amide bonds. The van der Waals surface area contributed by atoms with Gasteiger partial charge in [-0.05, 0) is 32.4 Å². The molecule has 1 aromatic heterocycles. The molecule has 0 aliphatic heterocycles. The van der Waals surface area contributed by atoms with Crippen molar-refractivity contribution in [1.82, 2.24) is 4.57 Å². The van der Waals surface area contributed by atoms with Gasteiger partial charge in [-0.15, -0.1) is 0 Å². The van der Waals surface area contributed by atoms with E-state index in [2.05, 4.69) is 4.74 Å². The van der Waals surface area contributed by atoms with E-state index in [-0.39, 0.29) is 16.9 Å². The molecule has 154 valence electrons. The summed E-state index contributed by atoms with van der Waals surface area (Å²) in [5.74, 6) is -2.16. The van der Waals surface area contributed by atoms with Gasteiger partial charge in [-0.3, -0.25) is 14.9 Å². The van der Waals surface area contributed by atoms with Gasteiger partial charge in [-0.1, -0.05) is 6.92 Å². The fourth-order valence-electron chi connectivity index (χ4n) is 3.01. The number of nitrogens with zero attached hydrogens (tertiary/aromatic N) is 2. The van der Waals surface area contributed by atoms with E-state index in [9.17, 15) is 24.5 Å². The molecule has 2 rings (SSSR count). The first kappa shape index (κ1) is 21.8. The molecule has 1 heterocycles. The van der Waals surface area contributed by atoms with Crippen molar-refractivity contribution in [3.05, 3.63) is 62.5 Å². The van der Waals surface area contributed by atoms with Gasteiger partial charge in [-0.25, -0.2) is 9.59 Å². The Hall–Kier alpha value is -3.49. The lowest BCUT2D eigenvalue weighted by molar-refractivity contribution is -0.384. The number of benzene rings is 1. The van der Waals surface area contributed by atoms with Gasteiger partial charge in [0.25, 0.3) is 5.69 Å². The summed E-state index contributed by atoms with van der Waals surface area (Å²) in [5.41, 5.74) is 1.33. The number of hydrogen-bond donors (Lipinski definition) is 0. The molecule has 0 bridgehead atoms. The van der Waals surface area contributed by atoms with E-state index in [1.54, 1.807) is 6.07 Å². The van der Waals surface area contributed by atoms with E-state index in [0.717, 1.165) is 49.7 Å². The van der Waals surface area contributed by atoms with E-state index in [4.69, 9.17) is 4.74 Å². The van der Waals surface area contributed by atoms with Crippen molar-refractivity contribution in [1.29, 1.82) is 0 Å². The highest BCUT2D eigenvalue weighted by atomic mass is 16.6. The van der Waals surface area contributed by atoms with Crippen molar-refractivity contribution < 1.29 is 28.8 Å². The third kappa shape index (κ3) is 4.87. The van der Waals surface area contributed by atoms with Gasteiger partial charge in [0.05, 0.1) is 23.2 Å². The quantitative estimate of drug-likeness (QED) is 0.288. The zero-order valence-corrected chi connectivity index (χ0v) is 16.7. The van der Waals surface area contributed by atoms with Gasteiger partial charge in [0.15, 0.2) is 6.61 Å². The molecule has 0 unspecified atom stereocenters. The largest absolute Gasteiger partial charge is 0.465 e. The van der Waals surface area contributed by atoms with Gasteiger partial charge in [0.2, 0.25) is 5.78 Å². The molecule has 0 aliphatic carbocycles. The Bertz CT molecular complexity index is 975. The molecule has 9 nitrogen and oxygen atoms in total. The van der Waals surface area contributed by atoms with Crippen molar-refractivity contribution in [3.8, 4) is 0 Å². The van der Waals surface area contributed by atoms with Gasteiger partial charge in [0.1, 0.15) is 0 Å². The fourth-order valence-corrected chi connectivity index (χ4v) is 3.01. The van der Waals surface area contributed by atoms with Crippen molar-refractivity contribution in [2.75, 3.05) is 13.7 Å². The number of non-ortho nitro benzene ring substituents is 1. The van der Waals surface area contributed by atoms with Crippen LogP contribution in [-0.2, 0) is 16.0 Å². The summed E-state index contributed by atoms with van der Waals surface area (Å²) in [6.07, 6.45) is 0.911. The van der Waals surface area contributed by atoms with Crippen molar-refractivity contribution >= 4 is 23.4 Å². The summed E-state index contributed by atoms with van der Waals surface area (Å²) in [7, 11) is 1.12. The lowest BCUT2D eigenvalue weighted by Crippen LogP contribution is -2.16. The summed E-state index contributed by atoms with van der Waals surface area (Å²) >= 11 is 0. The number of ether oxygens (including phenoxy) is 2. The molecular weight excluding hydrogens is 380 g/mol. The van der Waals surface area contributed by atoms with Crippen LogP contribution in [0.5, 0.6) is 0 Å². The molecule has 0 saturated carbocycles. The van der Waals surface area contributed by atoms with Crippen LogP contribution in [0.25, 0.3) is 0 Å². The fraction of sp³-hybridized carbons (Fsp3) is 0.350. The third-order valence-corrected chi connectivity index (χ3v) is 4.44. The summed E-state index contributed by atoms with van der Waals surface area (Å²) in [4.78, 5) is 46.8. The molecule has 0 saturated heterocycles. The number of ketones is 1. The Morgan fingerprint density at radius 1 is 1.07 bits per heavy atom. The highest BCUT2D eigenvalue weighted by Crippen LogP contribution is 2.20. The number of Topliss-reactive ketones (excluding diaryl/α,β-unsaturated/α-hetero) is 1. The molecule has 2 aromatic rings. The number of hydrogen-bond acceptors (Lipinski definition) is 7. The Labute approximate surface area is 167 Å². The predicted octanol–water partition coefficient (Wildman–Crippen LogP) is 3.25. The standard InChI is InChI=1S/C20H22N2O7/c1-5-6-21-12(2)7-17(13(21)3)18(23)11-29-20(25)15-8-14(19(24)28-4)9-16(10-15)22(26)27/h7-10H,5-6,11H2,1-4H3. The van der Waals surface area contributed by atoms with Gasteiger partial charge in [-0.2, -0.15) is 0 Å². The smallest absolute Gasteiger partial charge is 0.338 e. The van der Waals surface area contributed by atoms with E-state index in [0.29, 0.717) is 5.56 Å². The maximum atomic E-state index is 12.5. The van der Waals surface area contributed by atoms with Crippen LogP contribution in [0.2, 0.25) is 0 Å². The van der Waals surface area contributed by atoms with Crippen LogP contribution in [0, 0.1) is 24.0 Å². The van der Waals surface area contributed by atoms with E-state index in [1.807, 2.05) is 25.3 Å². The van der Waals surface area contributed by atoms with Crippen molar-refractivity contribution in [2.24, 2.45) is 0 Å². The Morgan fingerprint density at radius 3 is 2.24 bits per heavy atom. The van der Waals surface area contributed by atoms with E-state index >= 15 is 0 Å². The maximum Gasteiger partial charge on any atom is 0.338 e. The number of rotatable bonds is 8. The van der Waals surface area contributed by atoms with Crippen LogP contribution in [-0.4, -0.2) is 40.9 Å². The SMILES string of the molecule is CCCn1c(C)cc(C(=O)COC(=O)c2cc(C(=O)OC)cc([N+](=O)[O-])c2)c1C. The normalized spacial score (nSPS) is 10.5. The van der Waals surface area contributed by atoms with Crippen LogP contribution >= 0.6 is 0 Å². The lowest BCUT2D eigenvalue weighted by atomic mass is 10.1. The number of carbonyl (C=O) groups is 3. The topological polar surface area (TPSA) is 118 Å². The Morgan fingerprint density at radius 2 is 1.69 bits per heavy atom. The summed E-state index contributed by atoms with van der Waals surface area (Å²) in [6, 6.07) is 4.84. The van der Waals surface area contributed by atoms with Gasteiger partial charge >= 0.3 is 11.9 Å². The minimum atomic E-state index is -0.949. The second-order valence-electron chi connectivity index (χ2n) is 6.45. The van der Waals surface area contributed by atoms with Gasteiger partial charge < -0.3 is 14.0 Å². The second-order valence-corrected chi connectivity index (χ2v) is 6.45. The second kappa shape index (κ2) is 9.13. The highest BCUT2D eigenvalue weighted by Gasteiger charge is 2.21. The van der Waals surface area contributed by atoms with E-state index in [1.165, 1.54) is 0 Å². The minimum Gasteiger partial charge on any atom is -0.465 e. The predicted molar refractivity (Wildman–Crippen MR) is 103 cm³/mol. The summed E-state index contributed by atoms with van der Waals surface area (Å²) < 4.78 is 11.6. The Balaban J connectivity index is 2.20. The molecule has 0 spiro atoms. The average molecular weight is 402 g/mol. The minimum absolute atomic E-state index is 0.164. The van der Waals surface area contributed by atoms with Gasteiger partial charge in [0, 0.05) is 35.6 Å². The number of nitro groups is 1. The maximum absolute atomic E-state index is 12.5. The number of methoxy groups -OCH3 is 1.